The topological polar surface area (TPSA) is 67.8 Å². The van der Waals surface area contributed by atoms with Gasteiger partial charge in [0.15, 0.2) is 0 Å². The van der Waals surface area contributed by atoms with E-state index in [1.54, 1.807) is 12.3 Å². The molecule has 0 bridgehead atoms. The Morgan fingerprint density at radius 1 is 1.19 bits per heavy atom. The molecule has 6 heteroatoms. The van der Waals surface area contributed by atoms with Crippen molar-refractivity contribution < 1.29 is 4.79 Å². The summed E-state index contributed by atoms with van der Waals surface area (Å²) in [7, 11) is 0. The first-order chi connectivity index (χ1) is 7.77. The van der Waals surface area contributed by atoms with Crippen LogP contribution in [0.5, 0.6) is 0 Å². The molecule has 2 heterocycles. The second-order valence-electron chi connectivity index (χ2n) is 2.94. The molecule has 1 amide bonds. The van der Waals surface area contributed by atoms with E-state index in [1.807, 2.05) is 0 Å². The van der Waals surface area contributed by atoms with Crippen molar-refractivity contribution in [2.75, 3.05) is 5.32 Å². The monoisotopic (exact) mass is 234 g/mol. The SMILES string of the molecule is O=C(Nc1cnccc1Cl)c1cncnc1. The lowest BCUT2D eigenvalue weighted by Crippen LogP contribution is -2.12. The molecule has 0 saturated heterocycles. The molecule has 0 aliphatic rings. The van der Waals surface area contributed by atoms with Crippen molar-refractivity contribution >= 4 is 23.2 Å². The Labute approximate surface area is 96.5 Å². The minimum Gasteiger partial charge on any atom is -0.319 e. The van der Waals surface area contributed by atoms with Gasteiger partial charge in [0, 0.05) is 18.6 Å². The van der Waals surface area contributed by atoms with Gasteiger partial charge in [0.1, 0.15) is 6.33 Å². The molecular weight excluding hydrogens is 228 g/mol. The number of hydrogen-bond donors (Lipinski definition) is 1. The van der Waals surface area contributed by atoms with Crippen LogP contribution in [0.4, 0.5) is 5.69 Å². The molecule has 0 aromatic carbocycles. The summed E-state index contributed by atoms with van der Waals surface area (Å²) in [6.07, 6.45) is 7.22. The molecule has 0 atom stereocenters. The highest BCUT2D eigenvalue weighted by Gasteiger charge is 2.08. The first kappa shape index (κ1) is 10.5. The van der Waals surface area contributed by atoms with Gasteiger partial charge in [0.05, 0.1) is 22.5 Å². The zero-order chi connectivity index (χ0) is 11.4. The van der Waals surface area contributed by atoms with Crippen molar-refractivity contribution in [1.29, 1.82) is 0 Å². The van der Waals surface area contributed by atoms with E-state index >= 15 is 0 Å². The minimum atomic E-state index is -0.324. The number of rotatable bonds is 2. The van der Waals surface area contributed by atoms with Crippen LogP contribution < -0.4 is 5.32 Å². The van der Waals surface area contributed by atoms with Crippen molar-refractivity contribution in [2.24, 2.45) is 0 Å². The molecule has 0 fully saturated rings. The average Bonchev–Trinajstić information content (AvgIpc) is 2.33. The quantitative estimate of drug-likeness (QED) is 0.860. The van der Waals surface area contributed by atoms with Gasteiger partial charge < -0.3 is 5.32 Å². The Morgan fingerprint density at radius 2 is 1.94 bits per heavy atom. The van der Waals surface area contributed by atoms with Gasteiger partial charge in [-0.15, -0.1) is 0 Å². The summed E-state index contributed by atoms with van der Waals surface area (Å²) in [6, 6.07) is 1.60. The first-order valence-electron chi connectivity index (χ1n) is 4.43. The van der Waals surface area contributed by atoms with Crippen molar-refractivity contribution in [3.8, 4) is 0 Å². The van der Waals surface area contributed by atoms with Crippen molar-refractivity contribution in [2.45, 2.75) is 0 Å². The highest BCUT2D eigenvalue weighted by atomic mass is 35.5. The van der Waals surface area contributed by atoms with Gasteiger partial charge in [-0.05, 0) is 6.07 Å². The van der Waals surface area contributed by atoms with Crippen molar-refractivity contribution in [3.63, 3.8) is 0 Å². The van der Waals surface area contributed by atoms with Crippen LogP contribution in [0.3, 0.4) is 0 Å². The van der Waals surface area contributed by atoms with Gasteiger partial charge in [0.25, 0.3) is 5.91 Å². The van der Waals surface area contributed by atoms with Crippen molar-refractivity contribution in [3.05, 3.63) is 47.8 Å². The van der Waals surface area contributed by atoms with Gasteiger partial charge in [-0.3, -0.25) is 9.78 Å². The lowest BCUT2D eigenvalue weighted by atomic mass is 10.3. The van der Waals surface area contributed by atoms with Crippen LogP contribution in [0, 0.1) is 0 Å². The van der Waals surface area contributed by atoms with Crippen LogP contribution in [0.25, 0.3) is 0 Å². The molecule has 0 aliphatic heterocycles. The third kappa shape index (κ3) is 2.32. The van der Waals surface area contributed by atoms with Crippen LogP contribution in [-0.2, 0) is 0 Å². The molecule has 0 spiro atoms. The van der Waals surface area contributed by atoms with E-state index in [-0.39, 0.29) is 5.91 Å². The number of nitrogens with one attached hydrogen (secondary N) is 1. The summed E-state index contributed by atoms with van der Waals surface area (Å²) in [5.41, 5.74) is 0.820. The predicted molar refractivity (Wildman–Crippen MR) is 59.2 cm³/mol. The maximum atomic E-state index is 11.7. The van der Waals surface area contributed by atoms with Crippen LogP contribution in [0.15, 0.2) is 37.2 Å². The van der Waals surface area contributed by atoms with E-state index in [9.17, 15) is 4.79 Å². The number of hydrogen-bond acceptors (Lipinski definition) is 4. The normalized spacial score (nSPS) is 9.81. The van der Waals surface area contributed by atoms with Gasteiger partial charge >= 0.3 is 0 Å². The largest absolute Gasteiger partial charge is 0.319 e. The van der Waals surface area contributed by atoms with E-state index in [4.69, 9.17) is 11.6 Å². The fraction of sp³-hybridized carbons (Fsp3) is 0. The third-order valence-electron chi connectivity index (χ3n) is 1.84. The Bertz CT molecular complexity index is 503. The maximum Gasteiger partial charge on any atom is 0.258 e. The Kier molecular flexibility index (Phi) is 3.07. The predicted octanol–water partition coefficient (Wildman–Crippen LogP) is 1.78. The highest BCUT2D eigenvalue weighted by Crippen LogP contribution is 2.19. The van der Waals surface area contributed by atoms with E-state index < -0.39 is 0 Å². The zero-order valence-electron chi connectivity index (χ0n) is 8.09. The minimum absolute atomic E-state index is 0.324. The van der Waals surface area contributed by atoms with Crippen LogP contribution in [0.1, 0.15) is 10.4 Å². The number of carbonyl (C=O) groups is 1. The molecule has 2 rings (SSSR count). The van der Waals surface area contributed by atoms with Gasteiger partial charge in [-0.1, -0.05) is 11.6 Å². The number of nitrogens with zero attached hydrogens (tertiary/aromatic N) is 3. The molecule has 2 aromatic rings. The molecule has 2 aromatic heterocycles. The molecule has 1 N–H and O–H groups in total. The number of pyridine rings is 1. The Balaban J connectivity index is 2.18. The summed E-state index contributed by atoms with van der Waals surface area (Å²) < 4.78 is 0. The second kappa shape index (κ2) is 4.67. The lowest BCUT2D eigenvalue weighted by molar-refractivity contribution is 0.102. The average molecular weight is 235 g/mol. The molecule has 16 heavy (non-hydrogen) atoms. The lowest BCUT2D eigenvalue weighted by Gasteiger charge is -2.05. The molecular formula is C10H7ClN4O. The van der Waals surface area contributed by atoms with Crippen LogP contribution in [-0.4, -0.2) is 20.9 Å². The van der Waals surface area contributed by atoms with Gasteiger partial charge in [-0.2, -0.15) is 0 Å². The van der Waals surface area contributed by atoms with E-state index in [0.717, 1.165) is 0 Å². The molecule has 0 saturated carbocycles. The summed E-state index contributed by atoms with van der Waals surface area (Å²) in [6.45, 7) is 0. The molecule has 80 valence electrons. The molecule has 0 unspecified atom stereocenters. The van der Waals surface area contributed by atoms with Crippen molar-refractivity contribution in [1.82, 2.24) is 15.0 Å². The number of aromatic nitrogens is 3. The first-order valence-corrected chi connectivity index (χ1v) is 4.81. The smallest absolute Gasteiger partial charge is 0.258 e. The van der Waals surface area contributed by atoms with E-state index in [1.165, 1.54) is 24.9 Å². The fourth-order valence-electron chi connectivity index (χ4n) is 1.08. The number of carbonyl (C=O) groups excluding carboxylic acids is 1. The fourth-order valence-corrected chi connectivity index (χ4v) is 1.23. The zero-order valence-corrected chi connectivity index (χ0v) is 8.85. The molecule has 0 aliphatic carbocycles. The second-order valence-corrected chi connectivity index (χ2v) is 3.34. The standard InChI is InChI=1S/C10H7ClN4O/c11-8-1-2-12-5-9(8)15-10(16)7-3-13-6-14-4-7/h1-6H,(H,15,16). The Morgan fingerprint density at radius 3 is 2.62 bits per heavy atom. The van der Waals surface area contributed by atoms with Gasteiger partial charge in [-0.25, -0.2) is 9.97 Å². The van der Waals surface area contributed by atoms with Gasteiger partial charge in [0.2, 0.25) is 0 Å². The van der Waals surface area contributed by atoms with Crippen LogP contribution in [0.2, 0.25) is 5.02 Å². The summed E-state index contributed by atoms with van der Waals surface area (Å²) >= 11 is 5.87. The molecule has 5 nitrogen and oxygen atoms in total. The molecule has 0 radical (unpaired) electrons. The van der Waals surface area contributed by atoms with E-state index in [2.05, 4.69) is 20.3 Å². The highest BCUT2D eigenvalue weighted by molar-refractivity contribution is 6.33. The van der Waals surface area contributed by atoms with E-state index in [0.29, 0.717) is 16.3 Å². The third-order valence-corrected chi connectivity index (χ3v) is 2.17. The number of halogens is 1. The summed E-state index contributed by atoms with van der Waals surface area (Å²) in [5, 5.41) is 3.04. The van der Waals surface area contributed by atoms with Crippen LogP contribution >= 0.6 is 11.6 Å². The Hall–Kier alpha value is -2.01. The number of amides is 1. The maximum absolute atomic E-state index is 11.7. The summed E-state index contributed by atoms with van der Waals surface area (Å²) in [5.74, 6) is -0.324. The summed E-state index contributed by atoms with van der Waals surface area (Å²) in [4.78, 5) is 23.0. The number of anilines is 1.